The Morgan fingerprint density at radius 1 is 1.42 bits per heavy atom. The van der Waals surface area contributed by atoms with Crippen LogP contribution >= 0.6 is 0 Å². The molecule has 0 heterocycles. The van der Waals surface area contributed by atoms with E-state index in [9.17, 15) is 0 Å². The SMILES string of the molecule is CCCCCC(NC)C1CC1C. The molecule has 0 aromatic rings. The van der Waals surface area contributed by atoms with Crippen LogP contribution in [0, 0.1) is 11.8 Å². The lowest BCUT2D eigenvalue weighted by molar-refractivity contribution is 0.433. The molecule has 0 saturated heterocycles. The molecule has 3 unspecified atom stereocenters. The zero-order valence-corrected chi connectivity index (χ0v) is 8.77. The van der Waals surface area contributed by atoms with Gasteiger partial charge in [-0.1, -0.05) is 33.1 Å². The van der Waals surface area contributed by atoms with Crippen molar-refractivity contribution in [1.82, 2.24) is 5.32 Å². The summed E-state index contributed by atoms with van der Waals surface area (Å²) in [7, 11) is 2.11. The number of rotatable bonds is 6. The number of hydrogen-bond donors (Lipinski definition) is 1. The third-order valence-electron chi connectivity index (χ3n) is 3.18. The second-order valence-corrected chi connectivity index (χ2v) is 4.27. The molecule has 3 atom stereocenters. The van der Waals surface area contributed by atoms with Crippen molar-refractivity contribution in [1.29, 1.82) is 0 Å². The summed E-state index contributed by atoms with van der Waals surface area (Å²) >= 11 is 0. The van der Waals surface area contributed by atoms with Crippen LogP contribution in [0.3, 0.4) is 0 Å². The molecule has 1 N–H and O–H groups in total. The average molecular weight is 169 g/mol. The van der Waals surface area contributed by atoms with Gasteiger partial charge >= 0.3 is 0 Å². The lowest BCUT2D eigenvalue weighted by Crippen LogP contribution is -2.27. The minimum atomic E-state index is 0.812. The van der Waals surface area contributed by atoms with Crippen LogP contribution in [-0.4, -0.2) is 13.1 Å². The van der Waals surface area contributed by atoms with Gasteiger partial charge in [0.05, 0.1) is 0 Å². The first-order valence-corrected chi connectivity index (χ1v) is 5.46. The molecule has 12 heavy (non-hydrogen) atoms. The first-order chi connectivity index (χ1) is 5.79. The fourth-order valence-electron chi connectivity index (χ4n) is 2.10. The summed E-state index contributed by atoms with van der Waals surface area (Å²) in [5.74, 6) is 1.98. The molecule has 1 rings (SSSR count). The van der Waals surface area contributed by atoms with Crippen LogP contribution < -0.4 is 5.32 Å². The Bertz CT molecular complexity index is 122. The summed E-state index contributed by atoms with van der Waals surface area (Å²) in [5, 5.41) is 3.45. The maximum atomic E-state index is 3.45. The van der Waals surface area contributed by atoms with E-state index in [4.69, 9.17) is 0 Å². The van der Waals surface area contributed by atoms with Crippen molar-refractivity contribution in [3.63, 3.8) is 0 Å². The van der Waals surface area contributed by atoms with Gasteiger partial charge in [-0.3, -0.25) is 0 Å². The third kappa shape index (κ3) is 2.78. The van der Waals surface area contributed by atoms with E-state index in [2.05, 4.69) is 26.2 Å². The van der Waals surface area contributed by atoms with Crippen LogP contribution in [0.1, 0.15) is 46.0 Å². The quantitative estimate of drug-likeness (QED) is 0.603. The standard InChI is InChI=1S/C11H23N/c1-4-5-6-7-11(12-3)10-8-9(10)2/h9-12H,4-8H2,1-3H3. The average Bonchev–Trinajstić information content (AvgIpc) is 2.77. The number of unbranched alkanes of at least 4 members (excludes halogenated alkanes) is 2. The van der Waals surface area contributed by atoms with Crippen LogP contribution in [0.25, 0.3) is 0 Å². The van der Waals surface area contributed by atoms with Gasteiger partial charge in [0.15, 0.2) is 0 Å². The summed E-state index contributed by atoms with van der Waals surface area (Å²) in [6.07, 6.45) is 7.00. The van der Waals surface area contributed by atoms with E-state index < -0.39 is 0 Å². The van der Waals surface area contributed by atoms with E-state index in [1.807, 2.05) is 0 Å². The molecule has 0 aromatic heterocycles. The van der Waals surface area contributed by atoms with Crippen molar-refractivity contribution < 1.29 is 0 Å². The Hall–Kier alpha value is -0.0400. The van der Waals surface area contributed by atoms with Gasteiger partial charge in [0.1, 0.15) is 0 Å². The topological polar surface area (TPSA) is 12.0 Å². The molecule has 1 aliphatic rings. The summed E-state index contributed by atoms with van der Waals surface area (Å²) in [6.45, 7) is 4.64. The number of hydrogen-bond acceptors (Lipinski definition) is 1. The van der Waals surface area contributed by atoms with Crippen LogP contribution in [-0.2, 0) is 0 Å². The van der Waals surface area contributed by atoms with E-state index in [0.29, 0.717) is 0 Å². The molecule has 1 nitrogen and oxygen atoms in total. The third-order valence-corrected chi connectivity index (χ3v) is 3.18. The zero-order chi connectivity index (χ0) is 8.97. The van der Waals surface area contributed by atoms with Crippen molar-refractivity contribution in [2.75, 3.05) is 7.05 Å². The van der Waals surface area contributed by atoms with Crippen molar-refractivity contribution in [3.05, 3.63) is 0 Å². The van der Waals surface area contributed by atoms with E-state index in [0.717, 1.165) is 17.9 Å². The lowest BCUT2D eigenvalue weighted by atomic mass is 10.0. The fraction of sp³-hybridized carbons (Fsp3) is 1.00. The molecule has 1 aliphatic carbocycles. The molecular formula is C11H23N. The maximum absolute atomic E-state index is 3.45. The molecule has 1 heteroatoms. The molecule has 0 spiro atoms. The smallest absolute Gasteiger partial charge is 0.00949 e. The van der Waals surface area contributed by atoms with Crippen LogP contribution in [0.4, 0.5) is 0 Å². The Labute approximate surface area is 76.9 Å². The second-order valence-electron chi connectivity index (χ2n) is 4.27. The minimum Gasteiger partial charge on any atom is -0.317 e. The largest absolute Gasteiger partial charge is 0.317 e. The molecular weight excluding hydrogens is 146 g/mol. The number of nitrogens with one attached hydrogen (secondary N) is 1. The molecule has 72 valence electrons. The zero-order valence-electron chi connectivity index (χ0n) is 8.77. The van der Waals surface area contributed by atoms with Crippen LogP contribution in [0.15, 0.2) is 0 Å². The van der Waals surface area contributed by atoms with E-state index in [1.54, 1.807) is 0 Å². The first kappa shape index (κ1) is 10.0. The van der Waals surface area contributed by atoms with Crippen molar-refractivity contribution in [2.45, 2.75) is 52.0 Å². The van der Waals surface area contributed by atoms with Crippen LogP contribution in [0.5, 0.6) is 0 Å². The predicted molar refractivity (Wildman–Crippen MR) is 54.3 cm³/mol. The van der Waals surface area contributed by atoms with Crippen LogP contribution in [0.2, 0.25) is 0 Å². The van der Waals surface area contributed by atoms with Gasteiger partial charge in [-0.15, -0.1) is 0 Å². The van der Waals surface area contributed by atoms with Gasteiger partial charge in [-0.05, 0) is 31.7 Å². The van der Waals surface area contributed by atoms with Gasteiger partial charge in [0.2, 0.25) is 0 Å². The summed E-state index contributed by atoms with van der Waals surface area (Å²) in [6, 6.07) is 0.812. The molecule has 0 aromatic carbocycles. The first-order valence-electron chi connectivity index (χ1n) is 5.46. The monoisotopic (exact) mass is 169 g/mol. The highest BCUT2D eigenvalue weighted by molar-refractivity contribution is 4.91. The predicted octanol–water partition coefficient (Wildman–Crippen LogP) is 2.81. The molecule has 1 saturated carbocycles. The summed E-state index contributed by atoms with van der Waals surface area (Å²) in [5.41, 5.74) is 0. The second kappa shape index (κ2) is 4.86. The Morgan fingerprint density at radius 2 is 2.08 bits per heavy atom. The lowest BCUT2D eigenvalue weighted by Gasteiger charge is -2.15. The molecule has 1 fully saturated rings. The summed E-state index contributed by atoms with van der Waals surface area (Å²) in [4.78, 5) is 0. The van der Waals surface area contributed by atoms with Crippen molar-refractivity contribution >= 4 is 0 Å². The van der Waals surface area contributed by atoms with Crippen molar-refractivity contribution in [2.24, 2.45) is 11.8 Å². The molecule has 0 bridgehead atoms. The van der Waals surface area contributed by atoms with E-state index in [1.165, 1.54) is 32.1 Å². The molecule has 0 amide bonds. The van der Waals surface area contributed by atoms with Gasteiger partial charge in [-0.25, -0.2) is 0 Å². The van der Waals surface area contributed by atoms with E-state index in [-0.39, 0.29) is 0 Å². The highest BCUT2D eigenvalue weighted by atomic mass is 14.9. The Morgan fingerprint density at radius 3 is 2.50 bits per heavy atom. The maximum Gasteiger partial charge on any atom is 0.00949 e. The van der Waals surface area contributed by atoms with Gasteiger partial charge in [0.25, 0.3) is 0 Å². The fourth-order valence-corrected chi connectivity index (χ4v) is 2.10. The van der Waals surface area contributed by atoms with Gasteiger partial charge in [-0.2, -0.15) is 0 Å². The highest BCUT2D eigenvalue weighted by Crippen LogP contribution is 2.41. The highest BCUT2D eigenvalue weighted by Gasteiger charge is 2.37. The van der Waals surface area contributed by atoms with Crippen molar-refractivity contribution in [3.8, 4) is 0 Å². The molecule has 0 radical (unpaired) electrons. The molecule has 0 aliphatic heterocycles. The van der Waals surface area contributed by atoms with Gasteiger partial charge < -0.3 is 5.32 Å². The minimum absolute atomic E-state index is 0.812. The van der Waals surface area contributed by atoms with E-state index >= 15 is 0 Å². The Kier molecular flexibility index (Phi) is 4.07. The Balaban J connectivity index is 2.09. The summed E-state index contributed by atoms with van der Waals surface area (Å²) < 4.78 is 0. The normalized spacial score (nSPS) is 30.2. The van der Waals surface area contributed by atoms with Gasteiger partial charge in [0, 0.05) is 6.04 Å².